The molecular formula is C13H11N2NaO4S. The van der Waals surface area contributed by atoms with Crippen molar-refractivity contribution in [1.29, 1.82) is 0 Å². The van der Waals surface area contributed by atoms with Gasteiger partial charge in [0.1, 0.15) is 21.6 Å². The molecule has 0 aliphatic heterocycles. The third kappa shape index (κ3) is 4.90. The molecule has 2 aromatic rings. The van der Waals surface area contributed by atoms with E-state index in [1.807, 2.05) is 6.92 Å². The van der Waals surface area contributed by atoms with Crippen molar-refractivity contribution < 1.29 is 47.6 Å². The molecule has 21 heavy (non-hydrogen) atoms. The molecule has 1 N–H and O–H groups in total. The van der Waals surface area contributed by atoms with Crippen LogP contribution in [0.2, 0.25) is 0 Å². The van der Waals surface area contributed by atoms with Crippen molar-refractivity contribution in [3.05, 3.63) is 48.0 Å². The van der Waals surface area contributed by atoms with Crippen LogP contribution in [0.5, 0.6) is 5.75 Å². The van der Waals surface area contributed by atoms with Gasteiger partial charge in [0.25, 0.3) is 0 Å². The molecule has 0 saturated carbocycles. The fourth-order valence-electron chi connectivity index (χ4n) is 1.50. The van der Waals surface area contributed by atoms with Crippen LogP contribution < -0.4 is 29.6 Å². The van der Waals surface area contributed by atoms with Crippen LogP contribution >= 0.6 is 0 Å². The molecule has 0 aromatic heterocycles. The number of aromatic hydroxyl groups is 1. The van der Waals surface area contributed by atoms with Gasteiger partial charge in [0.2, 0.25) is 0 Å². The molecule has 2 rings (SSSR count). The Bertz CT molecular complexity index is 758. The van der Waals surface area contributed by atoms with Gasteiger partial charge in [-0.05, 0) is 48.9 Å². The Morgan fingerprint density at radius 3 is 2.24 bits per heavy atom. The van der Waals surface area contributed by atoms with Gasteiger partial charge >= 0.3 is 29.6 Å². The van der Waals surface area contributed by atoms with Crippen LogP contribution in [-0.4, -0.2) is 18.1 Å². The number of benzene rings is 2. The van der Waals surface area contributed by atoms with Gasteiger partial charge in [-0.25, -0.2) is 8.42 Å². The maximum atomic E-state index is 10.8. The van der Waals surface area contributed by atoms with E-state index in [4.69, 9.17) is 0 Å². The number of azo groups is 1. The Kier molecular flexibility index (Phi) is 6.06. The summed E-state index contributed by atoms with van der Waals surface area (Å²) in [7, 11) is -4.46. The first kappa shape index (κ1) is 17.8. The molecule has 0 atom stereocenters. The van der Waals surface area contributed by atoms with Crippen molar-refractivity contribution >= 4 is 21.5 Å². The van der Waals surface area contributed by atoms with Gasteiger partial charge in [-0.1, -0.05) is 6.07 Å². The number of phenols is 1. The second-order valence-electron chi connectivity index (χ2n) is 4.14. The third-order valence-corrected chi connectivity index (χ3v) is 3.38. The number of phenolic OH excluding ortho intramolecular Hbond substituents is 1. The average molecular weight is 314 g/mol. The van der Waals surface area contributed by atoms with Crippen LogP contribution in [-0.2, 0) is 10.1 Å². The third-order valence-electron chi connectivity index (χ3n) is 2.53. The largest absolute Gasteiger partial charge is 1.00 e. The van der Waals surface area contributed by atoms with Gasteiger partial charge in [0.05, 0.1) is 10.6 Å². The summed E-state index contributed by atoms with van der Waals surface area (Å²) in [5.41, 5.74) is 1.60. The molecule has 0 aliphatic carbocycles. The van der Waals surface area contributed by atoms with Crippen molar-refractivity contribution in [2.45, 2.75) is 11.8 Å². The molecule has 6 nitrogen and oxygen atoms in total. The molecule has 0 heterocycles. The maximum absolute atomic E-state index is 10.8. The van der Waals surface area contributed by atoms with E-state index in [0.29, 0.717) is 11.4 Å². The molecule has 0 bridgehead atoms. The number of hydrogen-bond acceptors (Lipinski definition) is 6. The van der Waals surface area contributed by atoms with Crippen molar-refractivity contribution in [2.75, 3.05) is 0 Å². The average Bonchev–Trinajstić information content (AvgIpc) is 2.39. The van der Waals surface area contributed by atoms with E-state index in [0.717, 1.165) is 17.7 Å². The Balaban J connectivity index is 0.00000220. The molecule has 0 saturated heterocycles. The molecule has 0 fully saturated rings. The quantitative estimate of drug-likeness (QED) is 0.490. The van der Waals surface area contributed by atoms with Gasteiger partial charge < -0.3 is 9.66 Å². The maximum Gasteiger partial charge on any atom is 1.00 e. The van der Waals surface area contributed by atoms with Crippen molar-refractivity contribution in [1.82, 2.24) is 0 Å². The first-order chi connectivity index (χ1) is 9.36. The van der Waals surface area contributed by atoms with Gasteiger partial charge in [-0.2, -0.15) is 5.11 Å². The number of rotatable bonds is 3. The molecule has 104 valence electrons. The van der Waals surface area contributed by atoms with Crippen LogP contribution in [0.1, 0.15) is 5.56 Å². The van der Waals surface area contributed by atoms with E-state index in [-0.39, 0.29) is 40.2 Å². The summed E-state index contributed by atoms with van der Waals surface area (Å²) in [6.45, 7) is 1.85. The zero-order chi connectivity index (χ0) is 14.8. The molecule has 0 unspecified atom stereocenters. The van der Waals surface area contributed by atoms with Gasteiger partial charge in [0.15, 0.2) is 0 Å². The Labute approximate surface area is 144 Å². The van der Waals surface area contributed by atoms with E-state index < -0.39 is 10.1 Å². The van der Waals surface area contributed by atoms with Crippen LogP contribution in [0.25, 0.3) is 0 Å². The second kappa shape index (κ2) is 7.15. The summed E-state index contributed by atoms with van der Waals surface area (Å²) in [4.78, 5) is -0.324. The van der Waals surface area contributed by atoms with Crippen LogP contribution in [0, 0.1) is 6.92 Å². The van der Waals surface area contributed by atoms with Gasteiger partial charge in [0, 0.05) is 0 Å². The molecular weight excluding hydrogens is 303 g/mol. The van der Waals surface area contributed by atoms with Crippen LogP contribution in [0.15, 0.2) is 57.6 Å². The smallest absolute Gasteiger partial charge is 0.744 e. The Morgan fingerprint density at radius 2 is 1.67 bits per heavy atom. The first-order valence-electron chi connectivity index (χ1n) is 5.63. The zero-order valence-electron chi connectivity index (χ0n) is 11.5. The summed E-state index contributed by atoms with van der Waals surface area (Å²) in [6.07, 6.45) is 0. The summed E-state index contributed by atoms with van der Waals surface area (Å²) in [5, 5.41) is 17.3. The number of aryl methyl sites for hydroxylation is 1. The summed E-state index contributed by atoms with van der Waals surface area (Å²) in [5.74, 6) is -0.00175. The topological polar surface area (TPSA) is 102 Å². The normalized spacial score (nSPS) is 11.3. The molecule has 8 heteroatoms. The molecule has 0 radical (unpaired) electrons. The van der Waals surface area contributed by atoms with Crippen molar-refractivity contribution in [3.63, 3.8) is 0 Å². The minimum atomic E-state index is -4.46. The molecule has 0 aliphatic rings. The van der Waals surface area contributed by atoms with Crippen molar-refractivity contribution in [3.8, 4) is 5.75 Å². The standard InChI is InChI=1S/C13H12N2O4S.Na/c1-9-2-7-13(16)12(8-9)15-14-10-3-5-11(6-4-10)20(17,18)19;/h2-8,16H,1H3,(H,17,18,19);/q;+1/p-1. The predicted molar refractivity (Wildman–Crippen MR) is 71.4 cm³/mol. The van der Waals surface area contributed by atoms with Gasteiger partial charge in [-0.15, -0.1) is 5.11 Å². The van der Waals surface area contributed by atoms with E-state index in [1.54, 1.807) is 12.1 Å². The number of hydrogen-bond donors (Lipinski definition) is 1. The van der Waals surface area contributed by atoms with E-state index >= 15 is 0 Å². The zero-order valence-corrected chi connectivity index (χ0v) is 14.3. The van der Waals surface area contributed by atoms with Crippen LogP contribution in [0.3, 0.4) is 0 Å². The monoisotopic (exact) mass is 314 g/mol. The molecule has 0 spiro atoms. The van der Waals surface area contributed by atoms with E-state index in [2.05, 4.69) is 10.2 Å². The van der Waals surface area contributed by atoms with E-state index in [1.165, 1.54) is 18.2 Å². The molecule has 2 aromatic carbocycles. The molecule has 0 amide bonds. The fourth-order valence-corrected chi connectivity index (χ4v) is 1.97. The fraction of sp³-hybridized carbons (Fsp3) is 0.0769. The SMILES string of the molecule is Cc1ccc(O)c(N=Nc2ccc(S(=O)(=O)[O-])cc2)c1.[Na+]. The predicted octanol–water partition coefficient (Wildman–Crippen LogP) is 0.0241. The first-order valence-corrected chi connectivity index (χ1v) is 7.04. The van der Waals surface area contributed by atoms with E-state index in [9.17, 15) is 18.1 Å². The summed E-state index contributed by atoms with van der Waals surface area (Å²) in [6, 6.07) is 9.95. The van der Waals surface area contributed by atoms with Crippen LogP contribution in [0.4, 0.5) is 11.4 Å². The summed E-state index contributed by atoms with van der Waals surface area (Å²) < 4.78 is 32.3. The minimum absolute atomic E-state index is 0. The second-order valence-corrected chi connectivity index (χ2v) is 5.52. The van der Waals surface area contributed by atoms with Gasteiger partial charge in [-0.3, -0.25) is 0 Å². The minimum Gasteiger partial charge on any atom is -0.744 e. The summed E-state index contributed by atoms with van der Waals surface area (Å²) >= 11 is 0. The Morgan fingerprint density at radius 1 is 1.05 bits per heavy atom. The Hall–Kier alpha value is -1.25. The van der Waals surface area contributed by atoms with Crippen molar-refractivity contribution in [2.24, 2.45) is 10.2 Å². The number of nitrogens with zero attached hydrogens (tertiary/aromatic N) is 2.